The zero-order valence-corrected chi connectivity index (χ0v) is 31.6. The monoisotopic (exact) mass is 738 g/mol. The fourth-order valence-electron chi connectivity index (χ4n) is 8.89. The van der Waals surface area contributed by atoms with Gasteiger partial charge in [0.05, 0.1) is 6.04 Å². The topological polar surface area (TPSA) is 19.6 Å². The number of fused-ring (bicyclic) bond motifs is 6. The Balaban J connectivity index is 1.00. The molecule has 268 valence electrons. The first kappa shape index (κ1) is 32.8. The van der Waals surface area contributed by atoms with Crippen LogP contribution < -0.4 is 9.80 Å². The van der Waals surface area contributed by atoms with Gasteiger partial charge < -0.3 is 14.2 Å². The van der Waals surface area contributed by atoms with Gasteiger partial charge in [-0.2, -0.15) is 0 Å². The van der Waals surface area contributed by atoms with Gasteiger partial charge in [0, 0.05) is 60.5 Å². The van der Waals surface area contributed by atoms with Crippen molar-refractivity contribution in [2.75, 3.05) is 9.80 Å². The number of para-hydroxylation sites is 3. The van der Waals surface area contributed by atoms with E-state index in [1.54, 1.807) is 0 Å². The molecule has 1 aliphatic heterocycles. The minimum atomic E-state index is 0.243. The van der Waals surface area contributed by atoms with Crippen molar-refractivity contribution < 1.29 is 4.42 Å². The molecule has 0 amide bonds. The van der Waals surface area contributed by atoms with Crippen molar-refractivity contribution in [2.24, 2.45) is 0 Å². The summed E-state index contributed by atoms with van der Waals surface area (Å²) in [5.41, 5.74) is 14.2. The van der Waals surface area contributed by atoms with Crippen LogP contribution in [0.15, 0.2) is 204 Å². The molecule has 3 aliphatic rings. The minimum Gasteiger partial charge on any atom is -0.455 e. The smallest absolute Gasteiger partial charge is 0.143 e. The van der Waals surface area contributed by atoms with Crippen LogP contribution in [0, 0.1) is 0 Å². The van der Waals surface area contributed by atoms with Crippen molar-refractivity contribution >= 4 is 61.6 Å². The van der Waals surface area contributed by atoms with Crippen LogP contribution in [0.5, 0.6) is 0 Å². The van der Waals surface area contributed by atoms with Gasteiger partial charge in [-0.05, 0) is 102 Å². The van der Waals surface area contributed by atoms with Crippen molar-refractivity contribution in [1.29, 1.82) is 0 Å². The average Bonchev–Trinajstić information content (AvgIpc) is 4.00. The molecule has 3 heterocycles. The maximum atomic E-state index is 6.44. The Hall–Kier alpha value is -6.62. The van der Waals surface area contributed by atoms with E-state index in [1.807, 2.05) is 17.4 Å². The number of benzene rings is 6. The van der Waals surface area contributed by atoms with Crippen LogP contribution in [0.4, 0.5) is 22.7 Å². The Morgan fingerprint density at radius 2 is 1.34 bits per heavy atom. The van der Waals surface area contributed by atoms with Gasteiger partial charge in [0.25, 0.3) is 0 Å². The number of hydrogen-bond acceptors (Lipinski definition) is 4. The molecule has 2 aliphatic carbocycles. The molecular formula is C52H38N2OS. The van der Waals surface area contributed by atoms with Crippen LogP contribution in [-0.4, -0.2) is 6.04 Å². The zero-order valence-electron chi connectivity index (χ0n) is 30.8. The molecule has 0 saturated carbocycles. The molecule has 8 aromatic rings. The Labute approximate surface area is 331 Å². The molecule has 6 aromatic carbocycles. The Morgan fingerprint density at radius 1 is 0.589 bits per heavy atom. The highest BCUT2D eigenvalue weighted by atomic mass is 32.1. The second kappa shape index (κ2) is 13.6. The van der Waals surface area contributed by atoms with E-state index >= 15 is 0 Å². The van der Waals surface area contributed by atoms with Crippen LogP contribution in [0.2, 0.25) is 0 Å². The maximum absolute atomic E-state index is 6.44. The number of anilines is 4. The first-order chi connectivity index (χ1) is 27.8. The molecule has 4 heteroatoms. The molecule has 0 bridgehead atoms. The van der Waals surface area contributed by atoms with Gasteiger partial charge in [0.2, 0.25) is 0 Å². The molecular weight excluding hydrogens is 701 g/mol. The number of furan rings is 1. The molecule has 56 heavy (non-hydrogen) atoms. The van der Waals surface area contributed by atoms with Crippen molar-refractivity contribution in [3.05, 3.63) is 210 Å². The lowest BCUT2D eigenvalue weighted by molar-refractivity contribution is 0.670. The zero-order chi connectivity index (χ0) is 37.0. The Kier molecular flexibility index (Phi) is 7.96. The van der Waals surface area contributed by atoms with Crippen LogP contribution in [0.25, 0.3) is 49.1 Å². The van der Waals surface area contributed by atoms with Gasteiger partial charge in [-0.25, -0.2) is 0 Å². The third-order valence-corrected chi connectivity index (χ3v) is 12.8. The standard InChI is InChI=1S/C52H38N2OS/c1-3-12-36(13-4-1)50-32-33-51(56-50)37-24-28-40(29-25-37)53(39-26-22-35(23-27-39)42-18-11-19-45-44-17-8-10-21-49(44)55-52(42)45)41-30-31-48-46(34-41)43-16-7-9-20-47(43)54(48)38-14-5-2-6-15-38/h1-24,26-28,30-34,43,47H,25,29H2. The first-order valence-electron chi connectivity index (χ1n) is 19.5. The lowest BCUT2D eigenvalue weighted by atomic mass is 9.91. The third kappa shape index (κ3) is 5.56. The quantitative estimate of drug-likeness (QED) is 0.162. The highest BCUT2D eigenvalue weighted by Gasteiger charge is 2.38. The van der Waals surface area contributed by atoms with Crippen LogP contribution >= 0.6 is 11.3 Å². The minimum absolute atomic E-state index is 0.243. The third-order valence-electron chi connectivity index (χ3n) is 11.6. The summed E-state index contributed by atoms with van der Waals surface area (Å²) >= 11 is 1.88. The van der Waals surface area contributed by atoms with Gasteiger partial charge >= 0.3 is 0 Å². The number of hydrogen-bond donors (Lipinski definition) is 0. The second-order valence-electron chi connectivity index (χ2n) is 14.8. The summed E-state index contributed by atoms with van der Waals surface area (Å²) in [7, 11) is 0. The number of allylic oxidation sites excluding steroid dienone is 6. The van der Waals surface area contributed by atoms with Gasteiger partial charge in [-0.3, -0.25) is 0 Å². The van der Waals surface area contributed by atoms with Crippen molar-refractivity contribution in [3.63, 3.8) is 0 Å². The van der Waals surface area contributed by atoms with E-state index in [-0.39, 0.29) is 12.0 Å². The van der Waals surface area contributed by atoms with E-state index in [2.05, 4.69) is 198 Å². The summed E-state index contributed by atoms with van der Waals surface area (Å²) < 4.78 is 6.44. The molecule has 0 fully saturated rings. The summed E-state index contributed by atoms with van der Waals surface area (Å²) in [4.78, 5) is 7.63. The molecule has 0 radical (unpaired) electrons. The number of thiophene rings is 1. The summed E-state index contributed by atoms with van der Waals surface area (Å²) in [6, 6.07) is 57.2. The largest absolute Gasteiger partial charge is 0.455 e. The van der Waals surface area contributed by atoms with Crippen molar-refractivity contribution in [3.8, 4) is 21.6 Å². The fraction of sp³-hybridized carbons (Fsp3) is 0.0769. The fourth-order valence-corrected chi connectivity index (χ4v) is 9.95. The number of rotatable bonds is 7. The summed E-state index contributed by atoms with van der Waals surface area (Å²) in [6.45, 7) is 0. The lowest BCUT2D eigenvalue weighted by Crippen LogP contribution is -2.28. The van der Waals surface area contributed by atoms with E-state index in [1.165, 1.54) is 49.2 Å². The maximum Gasteiger partial charge on any atom is 0.143 e. The molecule has 0 N–H and O–H groups in total. The van der Waals surface area contributed by atoms with E-state index in [0.717, 1.165) is 51.6 Å². The molecule has 0 spiro atoms. The van der Waals surface area contributed by atoms with Gasteiger partial charge in [-0.1, -0.05) is 127 Å². The van der Waals surface area contributed by atoms with Crippen LogP contribution in [0.1, 0.15) is 29.2 Å². The predicted molar refractivity (Wildman–Crippen MR) is 236 cm³/mol. The van der Waals surface area contributed by atoms with Gasteiger partial charge in [0.1, 0.15) is 11.2 Å². The van der Waals surface area contributed by atoms with E-state index < -0.39 is 0 Å². The molecule has 11 rings (SSSR count). The predicted octanol–water partition coefficient (Wildman–Crippen LogP) is 14.6. The second-order valence-corrected chi connectivity index (χ2v) is 15.9. The molecule has 0 saturated heterocycles. The summed E-state index contributed by atoms with van der Waals surface area (Å²) in [5.74, 6) is 0.271. The van der Waals surface area contributed by atoms with E-state index in [0.29, 0.717) is 0 Å². The SMILES string of the molecule is C1=CC2c3cc(N(C4=CC=C(c5ccc(-c6ccccc6)s5)CC4)c4ccc(-c5cccc6c5oc5ccccc56)cc4)ccc3N(c3ccccc3)C2C=C1. The molecule has 3 nitrogen and oxygen atoms in total. The average molecular weight is 739 g/mol. The normalized spacial score (nSPS) is 17.2. The first-order valence-corrected chi connectivity index (χ1v) is 20.3. The Morgan fingerprint density at radius 3 is 2.18 bits per heavy atom. The van der Waals surface area contributed by atoms with E-state index in [4.69, 9.17) is 4.42 Å². The number of nitrogens with zero attached hydrogens (tertiary/aromatic N) is 2. The van der Waals surface area contributed by atoms with E-state index in [9.17, 15) is 0 Å². The summed E-state index contributed by atoms with van der Waals surface area (Å²) in [6.07, 6.45) is 15.7. The van der Waals surface area contributed by atoms with Crippen LogP contribution in [-0.2, 0) is 0 Å². The van der Waals surface area contributed by atoms with Crippen molar-refractivity contribution in [2.45, 2.75) is 24.8 Å². The highest BCUT2D eigenvalue weighted by Crippen LogP contribution is 2.50. The summed E-state index contributed by atoms with van der Waals surface area (Å²) in [5, 5.41) is 2.30. The lowest BCUT2D eigenvalue weighted by Gasteiger charge is -2.31. The molecule has 2 unspecified atom stereocenters. The van der Waals surface area contributed by atoms with Crippen molar-refractivity contribution in [1.82, 2.24) is 0 Å². The van der Waals surface area contributed by atoms with Gasteiger partial charge in [-0.15, -0.1) is 11.3 Å². The highest BCUT2D eigenvalue weighted by molar-refractivity contribution is 7.16. The van der Waals surface area contributed by atoms with Gasteiger partial charge in [0.15, 0.2) is 0 Å². The van der Waals surface area contributed by atoms with Crippen LogP contribution in [0.3, 0.4) is 0 Å². The molecule has 2 aromatic heterocycles. The molecule has 2 atom stereocenters. The Bertz CT molecular complexity index is 2870.